The van der Waals surface area contributed by atoms with Gasteiger partial charge in [0.15, 0.2) is 0 Å². The molecule has 0 spiro atoms. The molecule has 1 aromatic carbocycles. The second-order valence-corrected chi connectivity index (χ2v) is 8.79. The van der Waals surface area contributed by atoms with Crippen molar-refractivity contribution >= 4 is 23.2 Å². The Balaban J connectivity index is 2.09. The van der Waals surface area contributed by atoms with Crippen LogP contribution in [0.2, 0.25) is 5.02 Å². The van der Waals surface area contributed by atoms with Crippen molar-refractivity contribution in [3.05, 3.63) is 47.7 Å². The van der Waals surface area contributed by atoms with Crippen LogP contribution in [0.5, 0.6) is 0 Å². The van der Waals surface area contributed by atoms with Crippen LogP contribution in [0.3, 0.4) is 0 Å². The van der Waals surface area contributed by atoms with E-state index in [1.54, 1.807) is 6.20 Å². The highest BCUT2D eigenvalue weighted by Crippen LogP contribution is 2.34. The van der Waals surface area contributed by atoms with Gasteiger partial charge < -0.3 is 5.32 Å². The van der Waals surface area contributed by atoms with E-state index in [0.29, 0.717) is 10.8 Å². The molecule has 0 radical (unpaired) electrons. The van der Waals surface area contributed by atoms with Crippen LogP contribution in [-0.4, -0.2) is 19.9 Å². The second-order valence-electron chi connectivity index (χ2n) is 8.35. The molecule has 0 saturated heterocycles. The van der Waals surface area contributed by atoms with E-state index in [9.17, 15) is 0 Å². The van der Waals surface area contributed by atoms with E-state index in [0.717, 1.165) is 23.5 Å². The van der Waals surface area contributed by atoms with Gasteiger partial charge in [-0.25, -0.2) is 9.97 Å². The molecular weight excluding hydrogens is 332 g/mol. The monoisotopic (exact) mass is 356 g/mol. The van der Waals surface area contributed by atoms with Gasteiger partial charge >= 0.3 is 0 Å². The minimum atomic E-state index is -0.0920. The molecule has 3 aromatic rings. The quantitative estimate of drug-likeness (QED) is 0.654. The van der Waals surface area contributed by atoms with E-state index in [-0.39, 0.29) is 11.0 Å². The zero-order chi connectivity index (χ0) is 18.2. The Morgan fingerprint density at radius 3 is 2.40 bits per heavy atom. The molecule has 5 heteroatoms. The number of aromatic nitrogens is 3. The first-order valence-corrected chi connectivity index (χ1v) is 8.90. The minimum Gasteiger partial charge on any atom is -0.364 e. The molecule has 2 heterocycles. The van der Waals surface area contributed by atoms with Crippen molar-refractivity contribution in [1.82, 2.24) is 14.4 Å². The number of benzene rings is 1. The van der Waals surface area contributed by atoms with Gasteiger partial charge in [0.2, 0.25) is 5.78 Å². The molecule has 132 valence electrons. The Bertz CT molecular complexity index is 873. The summed E-state index contributed by atoms with van der Waals surface area (Å²) in [6.45, 7) is 11.2. The van der Waals surface area contributed by atoms with E-state index in [2.05, 4.69) is 44.9 Å². The van der Waals surface area contributed by atoms with Crippen LogP contribution in [-0.2, 0) is 0 Å². The van der Waals surface area contributed by atoms with Crippen molar-refractivity contribution in [2.24, 2.45) is 5.41 Å². The molecule has 0 bridgehead atoms. The summed E-state index contributed by atoms with van der Waals surface area (Å²) in [5.74, 6) is 1.64. The van der Waals surface area contributed by atoms with Crippen LogP contribution in [0.4, 0.5) is 5.82 Å². The highest BCUT2D eigenvalue weighted by molar-refractivity contribution is 6.30. The van der Waals surface area contributed by atoms with Gasteiger partial charge in [-0.1, -0.05) is 44.5 Å². The summed E-state index contributed by atoms with van der Waals surface area (Å²) in [6.07, 6.45) is 4.77. The lowest BCUT2D eigenvalue weighted by molar-refractivity contribution is 0.302. The number of anilines is 1. The zero-order valence-corrected chi connectivity index (χ0v) is 16.2. The van der Waals surface area contributed by atoms with E-state index in [1.165, 1.54) is 0 Å². The van der Waals surface area contributed by atoms with Gasteiger partial charge in [0, 0.05) is 28.5 Å². The van der Waals surface area contributed by atoms with Crippen molar-refractivity contribution in [3.63, 3.8) is 0 Å². The number of rotatable bonds is 4. The lowest BCUT2D eigenvalue weighted by atomic mass is 9.82. The normalized spacial score (nSPS) is 12.6. The number of halogens is 1. The van der Waals surface area contributed by atoms with Gasteiger partial charge in [0.25, 0.3) is 0 Å². The standard InChI is InChI=1S/C20H25ClN4/c1-19(2,3)13-20(4,5)24-17-16(14-7-9-15(21)10-8-14)23-18-22-11-6-12-25(17)18/h6-12,24H,13H2,1-5H3. The van der Waals surface area contributed by atoms with Gasteiger partial charge in [-0.05, 0) is 43.9 Å². The van der Waals surface area contributed by atoms with Gasteiger partial charge in [-0.3, -0.25) is 4.40 Å². The highest BCUT2D eigenvalue weighted by Gasteiger charge is 2.28. The van der Waals surface area contributed by atoms with E-state index in [1.807, 2.05) is 40.9 Å². The summed E-state index contributed by atoms with van der Waals surface area (Å²) in [5.41, 5.74) is 2.03. The summed E-state index contributed by atoms with van der Waals surface area (Å²) in [7, 11) is 0. The topological polar surface area (TPSA) is 42.2 Å². The zero-order valence-electron chi connectivity index (χ0n) is 15.5. The van der Waals surface area contributed by atoms with Gasteiger partial charge in [0.05, 0.1) is 0 Å². The van der Waals surface area contributed by atoms with Crippen LogP contribution in [0, 0.1) is 5.41 Å². The molecule has 1 N–H and O–H groups in total. The van der Waals surface area contributed by atoms with Crippen molar-refractivity contribution in [2.75, 3.05) is 5.32 Å². The molecule has 0 aliphatic carbocycles. The maximum absolute atomic E-state index is 6.04. The first-order chi connectivity index (χ1) is 11.6. The Labute approximate surface area is 154 Å². The molecule has 0 fully saturated rings. The molecule has 2 aromatic heterocycles. The van der Waals surface area contributed by atoms with Gasteiger partial charge in [-0.15, -0.1) is 0 Å². The van der Waals surface area contributed by atoms with Crippen LogP contribution < -0.4 is 5.32 Å². The molecule has 0 unspecified atom stereocenters. The summed E-state index contributed by atoms with van der Waals surface area (Å²) in [6, 6.07) is 9.68. The molecule has 0 amide bonds. The number of fused-ring (bicyclic) bond motifs is 1. The molecule has 0 atom stereocenters. The predicted octanol–water partition coefficient (Wildman–Crippen LogP) is 5.68. The number of hydrogen-bond donors (Lipinski definition) is 1. The number of nitrogens with one attached hydrogen (secondary N) is 1. The Morgan fingerprint density at radius 2 is 1.76 bits per heavy atom. The summed E-state index contributed by atoms with van der Waals surface area (Å²) >= 11 is 6.04. The smallest absolute Gasteiger partial charge is 0.235 e. The summed E-state index contributed by atoms with van der Waals surface area (Å²) in [4.78, 5) is 9.14. The Hall–Kier alpha value is -2.07. The van der Waals surface area contributed by atoms with Crippen LogP contribution in [0.25, 0.3) is 17.0 Å². The molecule has 0 aliphatic rings. The fraction of sp³-hybridized carbons (Fsp3) is 0.400. The minimum absolute atomic E-state index is 0.0920. The van der Waals surface area contributed by atoms with Crippen molar-refractivity contribution < 1.29 is 0 Å². The second kappa shape index (κ2) is 6.34. The first kappa shape index (κ1) is 17.7. The molecule has 3 rings (SSSR count). The van der Waals surface area contributed by atoms with E-state index < -0.39 is 0 Å². The third-order valence-corrected chi connectivity index (χ3v) is 4.20. The fourth-order valence-electron chi connectivity index (χ4n) is 3.51. The maximum atomic E-state index is 6.04. The lowest BCUT2D eigenvalue weighted by Gasteiger charge is -2.34. The summed E-state index contributed by atoms with van der Waals surface area (Å²) < 4.78 is 2.01. The highest BCUT2D eigenvalue weighted by atomic mass is 35.5. The molecular formula is C20H25ClN4. The number of imidazole rings is 1. The van der Waals surface area contributed by atoms with Crippen molar-refractivity contribution in [3.8, 4) is 11.3 Å². The lowest BCUT2D eigenvalue weighted by Crippen LogP contribution is -2.36. The third kappa shape index (κ3) is 4.13. The SMILES string of the molecule is CC(C)(C)CC(C)(C)Nc1c(-c2ccc(Cl)cc2)nc2ncccn12. The van der Waals surface area contributed by atoms with Gasteiger partial charge in [-0.2, -0.15) is 0 Å². The average Bonchev–Trinajstić information content (AvgIpc) is 2.84. The fourth-order valence-corrected chi connectivity index (χ4v) is 3.63. The number of hydrogen-bond acceptors (Lipinski definition) is 3. The van der Waals surface area contributed by atoms with E-state index >= 15 is 0 Å². The van der Waals surface area contributed by atoms with Crippen LogP contribution >= 0.6 is 11.6 Å². The van der Waals surface area contributed by atoms with Crippen molar-refractivity contribution in [2.45, 2.75) is 46.6 Å². The molecule has 0 aliphatic heterocycles. The summed E-state index contributed by atoms with van der Waals surface area (Å²) in [5, 5.41) is 4.42. The molecule has 4 nitrogen and oxygen atoms in total. The third-order valence-electron chi connectivity index (χ3n) is 3.95. The Kier molecular flexibility index (Phi) is 4.50. The number of nitrogens with zero attached hydrogens (tertiary/aromatic N) is 3. The average molecular weight is 357 g/mol. The maximum Gasteiger partial charge on any atom is 0.235 e. The van der Waals surface area contributed by atoms with Gasteiger partial charge in [0.1, 0.15) is 11.5 Å². The predicted molar refractivity (Wildman–Crippen MR) is 105 cm³/mol. The Morgan fingerprint density at radius 1 is 1.08 bits per heavy atom. The van der Waals surface area contributed by atoms with Crippen LogP contribution in [0.15, 0.2) is 42.7 Å². The molecule has 25 heavy (non-hydrogen) atoms. The first-order valence-electron chi connectivity index (χ1n) is 8.52. The largest absolute Gasteiger partial charge is 0.364 e. The van der Waals surface area contributed by atoms with Crippen LogP contribution in [0.1, 0.15) is 41.0 Å². The van der Waals surface area contributed by atoms with E-state index in [4.69, 9.17) is 16.6 Å². The van der Waals surface area contributed by atoms with Crippen molar-refractivity contribution in [1.29, 1.82) is 0 Å². The molecule has 0 saturated carbocycles.